The molecular formula is C14H18N2OS3. The van der Waals surface area contributed by atoms with E-state index >= 15 is 0 Å². The maximum absolute atomic E-state index is 12.4. The molecule has 1 aliphatic heterocycles. The largest absolute Gasteiger partial charge is 0.623 e. The summed E-state index contributed by atoms with van der Waals surface area (Å²) in [7, 11) is 1.94. The molecule has 0 unspecified atom stereocenters. The van der Waals surface area contributed by atoms with Crippen LogP contribution in [0.25, 0.3) is 0 Å². The van der Waals surface area contributed by atoms with Gasteiger partial charge in [0.2, 0.25) is 5.37 Å². The Hall–Kier alpha value is -0.720. The van der Waals surface area contributed by atoms with Gasteiger partial charge in [-0.2, -0.15) is 4.74 Å². The van der Waals surface area contributed by atoms with Crippen molar-refractivity contribution in [3.63, 3.8) is 0 Å². The normalized spacial score (nSPS) is 22.4. The molecule has 6 heteroatoms. The van der Waals surface area contributed by atoms with Gasteiger partial charge in [-0.3, -0.25) is 0 Å². The van der Waals surface area contributed by atoms with Crippen LogP contribution in [0.3, 0.4) is 0 Å². The molecule has 0 aromatic heterocycles. The van der Waals surface area contributed by atoms with Gasteiger partial charge >= 0.3 is 0 Å². The first kappa shape index (κ1) is 15.7. The van der Waals surface area contributed by atoms with Crippen LogP contribution in [-0.2, 0) is 0 Å². The summed E-state index contributed by atoms with van der Waals surface area (Å²) in [6, 6.07) is 7.97. The summed E-state index contributed by atoms with van der Waals surface area (Å²) in [5, 5.41) is 12.2. The first-order valence-corrected chi connectivity index (χ1v) is 8.76. The number of nitrogens with zero attached hydrogens (tertiary/aromatic N) is 2. The molecule has 2 rings (SSSR count). The highest BCUT2D eigenvalue weighted by atomic mass is 32.2. The standard InChI is InChI=1S/C14H18N2OS3/c1-14(2)12(20-13(18)15(14)3)16(17)9-10-5-7-11(19-4)8-6-10/h5-9,12H,1-4H3/b16-9-/t12-/m0/s1. The Bertz CT molecular complexity index is 540. The van der Waals surface area contributed by atoms with Gasteiger partial charge in [0.25, 0.3) is 0 Å². The molecule has 1 aromatic carbocycles. The maximum atomic E-state index is 12.4. The molecule has 0 N–H and O–H groups in total. The summed E-state index contributed by atoms with van der Waals surface area (Å²) in [6.45, 7) is 4.08. The highest BCUT2D eigenvalue weighted by molar-refractivity contribution is 8.23. The fourth-order valence-electron chi connectivity index (χ4n) is 1.99. The van der Waals surface area contributed by atoms with Crippen LogP contribution in [0, 0.1) is 5.21 Å². The Kier molecular flexibility index (Phi) is 4.66. The second kappa shape index (κ2) is 5.95. The van der Waals surface area contributed by atoms with Crippen molar-refractivity contribution >= 4 is 46.3 Å². The monoisotopic (exact) mass is 326 g/mol. The van der Waals surface area contributed by atoms with Gasteiger partial charge in [0.1, 0.15) is 9.86 Å². The Morgan fingerprint density at radius 1 is 1.40 bits per heavy atom. The second-order valence-electron chi connectivity index (χ2n) is 5.21. The third-order valence-electron chi connectivity index (χ3n) is 3.58. The van der Waals surface area contributed by atoms with Gasteiger partial charge in [0.15, 0.2) is 6.21 Å². The number of thiocarbonyl (C=S) groups is 1. The minimum absolute atomic E-state index is 0.222. The third kappa shape index (κ3) is 2.97. The zero-order valence-corrected chi connectivity index (χ0v) is 14.4. The van der Waals surface area contributed by atoms with Crippen molar-refractivity contribution in [2.75, 3.05) is 13.3 Å². The molecule has 0 aliphatic carbocycles. The van der Waals surface area contributed by atoms with Crippen LogP contribution < -0.4 is 0 Å². The lowest BCUT2D eigenvalue weighted by molar-refractivity contribution is -0.480. The van der Waals surface area contributed by atoms with E-state index in [0.29, 0.717) is 0 Å². The quantitative estimate of drug-likeness (QED) is 0.212. The third-order valence-corrected chi connectivity index (χ3v) is 6.37. The molecule has 0 amide bonds. The van der Waals surface area contributed by atoms with Crippen molar-refractivity contribution in [3.8, 4) is 0 Å². The van der Waals surface area contributed by atoms with Crippen LogP contribution in [-0.4, -0.2) is 44.4 Å². The lowest BCUT2D eigenvalue weighted by atomic mass is 10.0. The first-order valence-electron chi connectivity index (χ1n) is 6.25. The molecular weight excluding hydrogens is 308 g/mol. The minimum Gasteiger partial charge on any atom is -0.623 e. The van der Waals surface area contributed by atoms with E-state index < -0.39 is 0 Å². The number of hydrogen-bond acceptors (Lipinski definition) is 4. The van der Waals surface area contributed by atoms with E-state index in [1.54, 1.807) is 18.0 Å². The minimum atomic E-state index is -0.279. The van der Waals surface area contributed by atoms with Gasteiger partial charge in [-0.1, -0.05) is 12.2 Å². The Labute approximate surface area is 134 Å². The van der Waals surface area contributed by atoms with Crippen molar-refractivity contribution in [2.24, 2.45) is 0 Å². The van der Waals surface area contributed by atoms with Gasteiger partial charge in [-0.05, 0) is 56.1 Å². The molecule has 0 bridgehead atoms. The van der Waals surface area contributed by atoms with Gasteiger partial charge in [0.05, 0.1) is 0 Å². The summed E-state index contributed by atoms with van der Waals surface area (Å²) in [6.07, 6.45) is 3.68. The zero-order valence-electron chi connectivity index (χ0n) is 12.0. The van der Waals surface area contributed by atoms with Crippen LogP contribution >= 0.6 is 35.7 Å². The van der Waals surface area contributed by atoms with Gasteiger partial charge in [0, 0.05) is 17.5 Å². The fourth-order valence-corrected chi connectivity index (χ4v) is 4.10. The van der Waals surface area contributed by atoms with Gasteiger partial charge in [-0.15, -0.1) is 11.8 Å². The number of benzene rings is 1. The molecule has 1 heterocycles. The Morgan fingerprint density at radius 2 is 2.00 bits per heavy atom. The first-order chi connectivity index (χ1) is 9.36. The molecule has 0 saturated carbocycles. The Balaban J connectivity index is 2.24. The summed E-state index contributed by atoms with van der Waals surface area (Å²) < 4.78 is 1.79. The molecule has 0 spiro atoms. The lowest BCUT2D eigenvalue weighted by Crippen LogP contribution is -2.47. The smallest absolute Gasteiger partial charge is 0.238 e. The molecule has 1 aromatic rings. The average molecular weight is 327 g/mol. The number of rotatable bonds is 3. The zero-order chi connectivity index (χ0) is 14.9. The maximum Gasteiger partial charge on any atom is 0.238 e. The van der Waals surface area contributed by atoms with Crippen LogP contribution in [0.1, 0.15) is 19.4 Å². The number of hydroxylamine groups is 1. The van der Waals surface area contributed by atoms with Crippen molar-refractivity contribution < 1.29 is 4.74 Å². The summed E-state index contributed by atoms with van der Waals surface area (Å²) >= 11 is 8.43. The predicted octanol–water partition coefficient (Wildman–Crippen LogP) is 3.41. The van der Waals surface area contributed by atoms with E-state index in [1.807, 2.05) is 56.3 Å². The molecule has 108 valence electrons. The summed E-state index contributed by atoms with van der Waals surface area (Å²) in [5.74, 6) is 0. The van der Waals surface area contributed by atoms with Crippen molar-refractivity contribution in [2.45, 2.75) is 29.7 Å². The molecule has 1 aliphatic rings. The predicted molar refractivity (Wildman–Crippen MR) is 92.8 cm³/mol. The molecule has 1 atom stereocenters. The topological polar surface area (TPSA) is 29.3 Å². The summed E-state index contributed by atoms with van der Waals surface area (Å²) in [5.41, 5.74) is 0.633. The summed E-state index contributed by atoms with van der Waals surface area (Å²) in [4.78, 5) is 3.18. The molecule has 1 saturated heterocycles. The van der Waals surface area contributed by atoms with Crippen molar-refractivity contribution in [3.05, 3.63) is 35.0 Å². The Morgan fingerprint density at radius 3 is 2.45 bits per heavy atom. The lowest BCUT2D eigenvalue weighted by Gasteiger charge is -2.30. The number of likely N-dealkylation sites (N-methyl/N-ethyl adjacent to an activating group) is 1. The second-order valence-corrected chi connectivity index (χ2v) is 7.80. The van der Waals surface area contributed by atoms with Crippen LogP contribution in [0.4, 0.5) is 0 Å². The van der Waals surface area contributed by atoms with Crippen molar-refractivity contribution in [1.82, 2.24) is 4.90 Å². The number of thioether (sulfide) groups is 2. The highest BCUT2D eigenvalue weighted by Crippen LogP contribution is 2.38. The van der Waals surface area contributed by atoms with E-state index in [9.17, 15) is 5.21 Å². The van der Waals surface area contributed by atoms with E-state index in [1.165, 1.54) is 16.7 Å². The van der Waals surface area contributed by atoms with Gasteiger partial charge in [-0.25, -0.2) is 0 Å². The SMILES string of the molecule is CSc1ccc(/C=[N+](\[O-])[C@H]2SC(=S)N(C)C2(C)C)cc1. The highest BCUT2D eigenvalue weighted by Gasteiger charge is 2.48. The molecule has 1 fully saturated rings. The van der Waals surface area contributed by atoms with E-state index in [4.69, 9.17) is 12.2 Å². The van der Waals surface area contributed by atoms with Crippen molar-refractivity contribution in [1.29, 1.82) is 0 Å². The van der Waals surface area contributed by atoms with E-state index in [0.717, 1.165) is 14.6 Å². The van der Waals surface area contributed by atoms with Crippen LogP contribution in [0.2, 0.25) is 0 Å². The average Bonchev–Trinajstić information content (AvgIpc) is 2.63. The fraction of sp³-hybridized carbons (Fsp3) is 0.429. The van der Waals surface area contributed by atoms with Crippen LogP contribution in [0.15, 0.2) is 29.2 Å². The van der Waals surface area contributed by atoms with E-state index in [-0.39, 0.29) is 10.9 Å². The van der Waals surface area contributed by atoms with Crippen LogP contribution in [0.5, 0.6) is 0 Å². The molecule has 3 nitrogen and oxygen atoms in total. The molecule has 20 heavy (non-hydrogen) atoms. The van der Waals surface area contributed by atoms with E-state index in [2.05, 4.69) is 0 Å². The molecule has 0 radical (unpaired) electrons. The number of hydrogen-bond donors (Lipinski definition) is 0. The van der Waals surface area contributed by atoms with Gasteiger partial charge < -0.3 is 10.1 Å².